The molecule has 1 aliphatic carbocycles. The Hall–Kier alpha value is -1.81. The predicted molar refractivity (Wildman–Crippen MR) is 103 cm³/mol. The van der Waals surface area contributed by atoms with Crippen molar-refractivity contribution in [2.45, 2.75) is 65.5 Å². The van der Waals surface area contributed by atoms with E-state index in [1.807, 2.05) is 32.0 Å². The van der Waals surface area contributed by atoms with Crippen LogP contribution >= 0.6 is 0 Å². The largest absolute Gasteiger partial charge is 0.494 e. The summed E-state index contributed by atoms with van der Waals surface area (Å²) in [5.41, 5.74) is 2.90. The van der Waals surface area contributed by atoms with E-state index in [0.29, 0.717) is 12.6 Å². The summed E-state index contributed by atoms with van der Waals surface area (Å²) in [7, 11) is 0. The molecule has 0 radical (unpaired) electrons. The van der Waals surface area contributed by atoms with E-state index in [1.54, 1.807) is 0 Å². The van der Waals surface area contributed by atoms with E-state index in [2.05, 4.69) is 16.8 Å². The highest BCUT2D eigenvalue weighted by Crippen LogP contribution is 2.25. The molecular weight excluding hydrogens is 312 g/mol. The summed E-state index contributed by atoms with van der Waals surface area (Å²) < 4.78 is 5.57. The van der Waals surface area contributed by atoms with Crippen molar-refractivity contribution in [1.29, 1.82) is 0 Å². The molecule has 1 aromatic heterocycles. The molecule has 0 spiro atoms. The summed E-state index contributed by atoms with van der Waals surface area (Å²) in [6.45, 7) is 8.50. The molecule has 1 saturated carbocycles. The third kappa shape index (κ3) is 3.90. The van der Waals surface area contributed by atoms with Gasteiger partial charge in [0.05, 0.1) is 6.61 Å². The SMILES string of the molecule is CCOc1ccc2[nH]c(C)c(CN(CC)C3CCCCC3)c(=O)c2c1. The van der Waals surface area contributed by atoms with Crippen LogP contribution in [0.3, 0.4) is 0 Å². The van der Waals surface area contributed by atoms with Gasteiger partial charge in [0.2, 0.25) is 0 Å². The maximum absolute atomic E-state index is 13.1. The monoisotopic (exact) mass is 342 g/mol. The molecule has 3 rings (SSSR count). The third-order valence-corrected chi connectivity index (χ3v) is 5.45. The minimum Gasteiger partial charge on any atom is -0.494 e. The smallest absolute Gasteiger partial charge is 0.194 e. The number of benzene rings is 1. The first-order chi connectivity index (χ1) is 12.1. The van der Waals surface area contributed by atoms with Crippen LogP contribution in [-0.4, -0.2) is 29.1 Å². The first kappa shape index (κ1) is 18.0. The molecule has 4 heteroatoms. The molecule has 0 amide bonds. The third-order valence-electron chi connectivity index (χ3n) is 5.45. The second-order valence-corrected chi connectivity index (χ2v) is 7.05. The topological polar surface area (TPSA) is 45.3 Å². The van der Waals surface area contributed by atoms with Gasteiger partial charge in [-0.1, -0.05) is 26.2 Å². The number of hydrogen-bond acceptors (Lipinski definition) is 3. The zero-order valence-electron chi connectivity index (χ0n) is 15.7. The van der Waals surface area contributed by atoms with Crippen LogP contribution in [0.2, 0.25) is 0 Å². The number of fused-ring (bicyclic) bond motifs is 1. The number of nitrogens with one attached hydrogen (secondary N) is 1. The molecule has 1 aromatic carbocycles. The summed E-state index contributed by atoms with van der Waals surface area (Å²) >= 11 is 0. The van der Waals surface area contributed by atoms with Crippen molar-refractivity contribution >= 4 is 10.9 Å². The molecule has 1 N–H and O–H groups in total. The molecule has 0 atom stereocenters. The summed E-state index contributed by atoms with van der Waals surface area (Å²) in [4.78, 5) is 19.0. The van der Waals surface area contributed by atoms with Gasteiger partial charge in [-0.15, -0.1) is 0 Å². The van der Waals surface area contributed by atoms with Gasteiger partial charge in [-0.25, -0.2) is 0 Å². The van der Waals surface area contributed by atoms with E-state index >= 15 is 0 Å². The minimum absolute atomic E-state index is 0.141. The number of aromatic nitrogens is 1. The van der Waals surface area contributed by atoms with Gasteiger partial charge in [0.15, 0.2) is 5.43 Å². The van der Waals surface area contributed by atoms with Gasteiger partial charge in [0.1, 0.15) is 5.75 Å². The van der Waals surface area contributed by atoms with Crippen molar-refractivity contribution in [1.82, 2.24) is 9.88 Å². The average Bonchev–Trinajstić information content (AvgIpc) is 2.63. The first-order valence-electron chi connectivity index (χ1n) is 9.66. The highest BCUT2D eigenvalue weighted by Gasteiger charge is 2.22. The highest BCUT2D eigenvalue weighted by molar-refractivity contribution is 5.81. The number of rotatable bonds is 6. The molecule has 0 unspecified atom stereocenters. The Bertz CT molecular complexity index is 775. The Morgan fingerprint density at radius 1 is 1.20 bits per heavy atom. The second-order valence-electron chi connectivity index (χ2n) is 7.05. The fourth-order valence-corrected chi connectivity index (χ4v) is 4.03. The van der Waals surface area contributed by atoms with Crippen molar-refractivity contribution in [2.75, 3.05) is 13.2 Å². The molecule has 0 saturated heterocycles. The molecule has 1 aliphatic rings. The number of ether oxygens (including phenoxy) is 1. The van der Waals surface area contributed by atoms with Crippen molar-refractivity contribution in [3.63, 3.8) is 0 Å². The molecule has 0 aliphatic heterocycles. The molecule has 0 bridgehead atoms. The van der Waals surface area contributed by atoms with Crippen LogP contribution in [0.1, 0.15) is 57.2 Å². The quantitative estimate of drug-likeness (QED) is 0.847. The van der Waals surface area contributed by atoms with Crippen molar-refractivity contribution < 1.29 is 4.74 Å². The van der Waals surface area contributed by atoms with Gasteiger partial charge in [0.25, 0.3) is 0 Å². The number of nitrogens with zero attached hydrogens (tertiary/aromatic N) is 1. The molecule has 25 heavy (non-hydrogen) atoms. The Morgan fingerprint density at radius 2 is 1.96 bits per heavy atom. The zero-order chi connectivity index (χ0) is 17.8. The number of aromatic amines is 1. The summed E-state index contributed by atoms with van der Waals surface area (Å²) in [6.07, 6.45) is 6.49. The van der Waals surface area contributed by atoms with Crippen LogP contribution in [-0.2, 0) is 6.54 Å². The Kier molecular flexibility index (Phi) is 5.79. The lowest BCUT2D eigenvalue weighted by molar-refractivity contribution is 0.155. The molecule has 4 nitrogen and oxygen atoms in total. The van der Waals surface area contributed by atoms with Crippen LogP contribution in [0.5, 0.6) is 5.75 Å². The average molecular weight is 342 g/mol. The number of aryl methyl sites for hydroxylation is 1. The Balaban J connectivity index is 1.95. The Morgan fingerprint density at radius 3 is 2.64 bits per heavy atom. The first-order valence-corrected chi connectivity index (χ1v) is 9.66. The molecular formula is C21H30N2O2. The van der Waals surface area contributed by atoms with Gasteiger partial charge in [-0.3, -0.25) is 9.69 Å². The fraction of sp³-hybridized carbons (Fsp3) is 0.571. The predicted octanol–water partition coefficient (Wildman–Crippen LogP) is 4.39. The number of hydrogen-bond donors (Lipinski definition) is 1. The van der Waals surface area contributed by atoms with Crippen molar-refractivity contribution in [3.8, 4) is 5.75 Å². The van der Waals surface area contributed by atoms with E-state index in [-0.39, 0.29) is 5.43 Å². The molecule has 2 aromatic rings. The Labute approximate surface area is 150 Å². The van der Waals surface area contributed by atoms with E-state index in [9.17, 15) is 4.79 Å². The van der Waals surface area contributed by atoms with Gasteiger partial charge in [-0.05, 0) is 51.4 Å². The van der Waals surface area contributed by atoms with E-state index < -0.39 is 0 Å². The summed E-state index contributed by atoms with van der Waals surface area (Å²) in [5, 5.41) is 0.728. The van der Waals surface area contributed by atoms with E-state index in [4.69, 9.17) is 4.74 Å². The molecule has 1 heterocycles. The maximum Gasteiger partial charge on any atom is 0.194 e. The van der Waals surface area contributed by atoms with E-state index in [0.717, 1.165) is 41.0 Å². The number of H-pyrrole nitrogens is 1. The lowest BCUT2D eigenvalue weighted by atomic mass is 9.93. The second kappa shape index (κ2) is 8.05. The maximum atomic E-state index is 13.1. The lowest BCUT2D eigenvalue weighted by Gasteiger charge is -2.33. The molecule has 1 fully saturated rings. The van der Waals surface area contributed by atoms with Crippen LogP contribution in [0.15, 0.2) is 23.0 Å². The van der Waals surface area contributed by atoms with Crippen molar-refractivity contribution in [2.24, 2.45) is 0 Å². The fourth-order valence-electron chi connectivity index (χ4n) is 4.03. The van der Waals surface area contributed by atoms with Crippen LogP contribution in [0.25, 0.3) is 10.9 Å². The van der Waals surface area contributed by atoms with Gasteiger partial charge >= 0.3 is 0 Å². The number of pyridine rings is 1. The lowest BCUT2D eigenvalue weighted by Crippen LogP contribution is -2.37. The van der Waals surface area contributed by atoms with E-state index in [1.165, 1.54) is 32.1 Å². The van der Waals surface area contributed by atoms with Gasteiger partial charge in [0, 0.05) is 34.7 Å². The summed E-state index contributed by atoms with van der Waals surface area (Å²) in [5.74, 6) is 0.759. The van der Waals surface area contributed by atoms with Crippen LogP contribution in [0.4, 0.5) is 0 Å². The van der Waals surface area contributed by atoms with Gasteiger partial charge in [-0.2, -0.15) is 0 Å². The highest BCUT2D eigenvalue weighted by atomic mass is 16.5. The minimum atomic E-state index is 0.141. The van der Waals surface area contributed by atoms with Crippen LogP contribution in [0, 0.1) is 6.92 Å². The normalized spacial score (nSPS) is 15.8. The van der Waals surface area contributed by atoms with Crippen LogP contribution < -0.4 is 10.2 Å². The summed E-state index contributed by atoms with van der Waals surface area (Å²) in [6, 6.07) is 6.35. The standard InChI is InChI=1S/C21H30N2O2/c1-4-23(16-9-7-6-8-10-16)14-19-15(3)22-20-12-11-17(25-5-2)13-18(20)21(19)24/h11-13,16H,4-10,14H2,1-3H3,(H,22,24). The molecule has 136 valence electrons. The van der Waals surface area contributed by atoms with Crippen molar-refractivity contribution in [3.05, 3.63) is 39.7 Å². The van der Waals surface area contributed by atoms with Gasteiger partial charge < -0.3 is 9.72 Å². The zero-order valence-corrected chi connectivity index (χ0v) is 15.7.